The van der Waals surface area contributed by atoms with E-state index >= 15 is 0 Å². The molecule has 2 aromatic carbocycles. The molecule has 6 heteroatoms. The lowest BCUT2D eigenvalue weighted by Gasteiger charge is -2.19. The summed E-state index contributed by atoms with van der Waals surface area (Å²) in [5.74, 6) is 0.876. The number of benzene rings is 2. The van der Waals surface area contributed by atoms with Crippen LogP contribution in [0.2, 0.25) is 0 Å². The largest absolute Gasteiger partial charge is 0.497 e. The molecule has 3 aromatic rings. The Morgan fingerprint density at radius 3 is 2.61 bits per heavy atom. The van der Waals surface area contributed by atoms with Crippen molar-refractivity contribution in [2.24, 2.45) is 0 Å². The molecule has 0 radical (unpaired) electrons. The molecular weight excluding hydrogens is 352 g/mol. The van der Waals surface area contributed by atoms with E-state index in [-0.39, 0.29) is 5.91 Å². The molecule has 1 aliphatic rings. The third-order valence-electron chi connectivity index (χ3n) is 4.99. The summed E-state index contributed by atoms with van der Waals surface area (Å²) in [6.07, 6.45) is 2.12. The molecule has 2 heterocycles. The maximum Gasteiger partial charge on any atom is 0.253 e. The van der Waals surface area contributed by atoms with Crippen molar-refractivity contribution in [3.63, 3.8) is 0 Å². The number of hydrogen-bond acceptors (Lipinski definition) is 4. The highest BCUT2D eigenvalue weighted by atomic mass is 16.5. The van der Waals surface area contributed by atoms with Crippen molar-refractivity contribution in [2.45, 2.75) is 19.6 Å². The first-order chi connectivity index (χ1) is 13.5. The van der Waals surface area contributed by atoms with Gasteiger partial charge in [0.25, 0.3) is 5.91 Å². The van der Waals surface area contributed by atoms with Crippen molar-refractivity contribution in [3.05, 3.63) is 77.1 Å². The topological polar surface area (TPSA) is 50.6 Å². The van der Waals surface area contributed by atoms with Crippen molar-refractivity contribution in [3.8, 4) is 5.75 Å². The Hall–Kier alpha value is -3.28. The smallest absolute Gasteiger partial charge is 0.253 e. The fourth-order valence-corrected chi connectivity index (χ4v) is 3.49. The van der Waals surface area contributed by atoms with E-state index in [0.717, 1.165) is 36.8 Å². The molecule has 0 spiro atoms. The van der Waals surface area contributed by atoms with E-state index in [4.69, 9.17) is 9.84 Å². The Balaban J connectivity index is 1.46. The van der Waals surface area contributed by atoms with Gasteiger partial charge in [0.05, 0.1) is 25.9 Å². The van der Waals surface area contributed by atoms with Gasteiger partial charge in [-0.2, -0.15) is 5.10 Å². The van der Waals surface area contributed by atoms with Gasteiger partial charge in [0, 0.05) is 43.7 Å². The Morgan fingerprint density at radius 1 is 1.14 bits per heavy atom. The molecule has 144 valence electrons. The summed E-state index contributed by atoms with van der Waals surface area (Å²) in [5, 5.41) is 4.76. The SMILES string of the molecule is COc1ccc(Cn2cc3c(n2)CN(c2cccc(C(=O)N(C)C)c2)C3)cc1. The van der Waals surface area contributed by atoms with Gasteiger partial charge in [0.2, 0.25) is 0 Å². The Bertz CT molecular complexity index is 969. The van der Waals surface area contributed by atoms with Crippen molar-refractivity contribution in [1.29, 1.82) is 0 Å². The van der Waals surface area contributed by atoms with Crippen LogP contribution in [0.15, 0.2) is 54.7 Å². The standard InChI is InChI=1S/C22H24N4O2/c1-24(2)22(27)17-5-4-6-19(11-17)25-13-18-14-26(23-21(18)15-25)12-16-7-9-20(28-3)10-8-16/h4-11,14H,12-13,15H2,1-3H3. The molecule has 0 atom stereocenters. The number of hydrogen-bond donors (Lipinski definition) is 0. The van der Waals surface area contributed by atoms with E-state index in [9.17, 15) is 4.79 Å². The lowest BCUT2D eigenvalue weighted by Crippen LogP contribution is -2.22. The third-order valence-corrected chi connectivity index (χ3v) is 4.99. The second kappa shape index (κ2) is 7.38. The van der Waals surface area contributed by atoms with E-state index in [1.165, 1.54) is 11.1 Å². The number of carbonyl (C=O) groups is 1. The van der Waals surface area contributed by atoms with Gasteiger partial charge in [-0.05, 0) is 35.9 Å². The first kappa shape index (κ1) is 18.1. The fourth-order valence-electron chi connectivity index (χ4n) is 3.49. The predicted octanol–water partition coefficient (Wildman–Crippen LogP) is 3.16. The first-order valence-electron chi connectivity index (χ1n) is 9.28. The van der Waals surface area contributed by atoms with Crippen molar-refractivity contribution in [1.82, 2.24) is 14.7 Å². The van der Waals surface area contributed by atoms with E-state index in [1.807, 2.05) is 41.1 Å². The molecule has 0 unspecified atom stereocenters. The Labute approximate surface area is 164 Å². The number of aromatic nitrogens is 2. The Morgan fingerprint density at radius 2 is 1.93 bits per heavy atom. The average molecular weight is 376 g/mol. The van der Waals surface area contributed by atoms with Crippen molar-refractivity contribution >= 4 is 11.6 Å². The van der Waals surface area contributed by atoms with Gasteiger partial charge in [0.1, 0.15) is 5.75 Å². The lowest BCUT2D eigenvalue weighted by molar-refractivity contribution is 0.0827. The highest BCUT2D eigenvalue weighted by Crippen LogP contribution is 2.28. The molecule has 0 N–H and O–H groups in total. The van der Waals surface area contributed by atoms with Crippen LogP contribution in [0, 0.1) is 0 Å². The third kappa shape index (κ3) is 3.58. The molecule has 0 aliphatic carbocycles. The van der Waals surface area contributed by atoms with Crippen LogP contribution in [-0.4, -0.2) is 41.8 Å². The number of rotatable bonds is 5. The molecule has 1 aliphatic heterocycles. The number of methoxy groups -OCH3 is 1. The van der Waals surface area contributed by atoms with Crippen LogP contribution in [0.3, 0.4) is 0 Å². The van der Waals surface area contributed by atoms with Gasteiger partial charge in [-0.15, -0.1) is 0 Å². The molecule has 1 aromatic heterocycles. The van der Waals surface area contributed by atoms with Gasteiger partial charge < -0.3 is 14.5 Å². The second-order valence-electron chi connectivity index (χ2n) is 7.25. The fraction of sp³-hybridized carbons (Fsp3) is 0.273. The van der Waals surface area contributed by atoms with Gasteiger partial charge in [-0.25, -0.2) is 0 Å². The average Bonchev–Trinajstić information content (AvgIpc) is 3.26. The normalized spacial score (nSPS) is 12.8. The zero-order valence-corrected chi connectivity index (χ0v) is 16.4. The van der Waals surface area contributed by atoms with Gasteiger partial charge >= 0.3 is 0 Å². The van der Waals surface area contributed by atoms with Gasteiger partial charge in [0.15, 0.2) is 0 Å². The molecule has 4 rings (SSSR count). The first-order valence-corrected chi connectivity index (χ1v) is 9.28. The summed E-state index contributed by atoms with van der Waals surface area (Å²) in [6, 6.07) is 15.9. The van der Waals surface area contributed by atoms with Crippen LogP contribution in [0.1, 0.15) is 27.2 Å². The minimum Gasteiger partial charge on any atom is -0.497 e. The second-order valence-corrected chi connectivity index (χ2v) is 7.25. The van der Waals surface area contributed by atoms with Crippen LogP contribution in [-0.2, 0) is 19.6 Å². The maximum atomic E-state index is 12.2. The van der Waals surface area contributed by atoms with Gasteiger partial charge in [-0.1, -0.05) is 18.2 Å². The van der Waals surface area contributed by atoms with Crippen molar-refractivity contribution < 1.29 is 9.53 Å². The number of carbonyl (C=O) groups excluding carboxylic acids is 1. The lowest BCUT2D eigenvalue weighted by atomic mass is 10.1. The number of fused-ring (bicyclic) bond motifs is 1. The summed E-state index contributed by atoms with van der Waals surface area (Å²) in [7, 11) is 5.21. The zero-order valence-electron chi connectivity index (χ0n) is 16.4. The van der Waals surface area contributed by atoms with E-state index in [1.54, 1.807) is 26.1 Å². The predicted molar refractivity (Wildman–Crippen MR) is 109 cm³/mol. The monoisotopic (exact) mass is 376 g/mol. The number of amides is 1. The molecule has 28 heavy (non-hydrogen) atoms. The molecular formula is C22H24N4O2. The van der Waals surface area contributed by atoms with Crippen LogP contribution in [0.4, 0.5) is 5.69 Å². The van der Waals surface area contributed by atoms with E-state index in [0.29, 0.717) is 5.56 Å². The summed E-state index contributed by atoms with van der Waals surface area (Å²) in [6.45, 7) is 2.30. The summed E-state index contributed by atoms with van der Waals surface area (Å²) in [5.41, 5.74) is 5.27. The van der Waals surface area contributed by atoms with Gasteiger partial charge in [-0.3, -0.25) is 9.48 Å². The quantitative estimate of drug-likeness (QED) is 0.686. The number of anilines is 1. The molecule has 0 saturated carbocycles. The number of ether oxygens (including phenoxy) is 1. The van der Waals surface area contributed by atoms with E-state index in [2.05, 4.69) is 23.2 Å². The highest BCUT2D eigenvalue weighted by Gasteiger charge is 2.23. The summed E-state index contributed by atoms with van der Waals surface area (Å²) < 4.78 is 7.20. The van der Waals surface area contributed by atoms with Crippen molar-refractivity contribution in [2.75, 3.05) is 26.1 Å². The molecule has 6 nitrogen and oxygen atoms in total. The van der Waals surface area contributed by atoms with Crippen LogP contribution >= 0.6 is 0 Å². The highest BCUT2D eigenvalue weighted by molar-refractivity contribution is 5.94. The minimum atomic E-state index is 0.0171. The maximum absolute atomic E-state index is 12.2. The minimum absolute atomic E-state index is 0.0171. The molecule has 0 saturated heterocycles. The number of nitrogens with zero attached hydrogens (tertiary/aromatic N) is 4. The summed E-state index contributed by atoms with van der Waals surface area (Å²) >= 11 is 0. The zero-order chi connectivity index (χ0) is 19.7. The Kier molecular flexibility index (Phi) is 4.77. The van der Waals surface area contributed by atoms with E-state index < -0.39 is 0 Å². The summed E-state index contributed by atoms with van der Waals surface area (Å²) in [4.78, 5) is 16.1. The molecule has 0 bridgehead atoms. The van der Waals surface area contributed by atoms with Crippen LogP contribution in [0.25, 0.3) is 0 Å². The molecule has 0 fully saturated rings. The molecule has 1 amide bonds. The van der Waals surface area contributed by atoms with Crippen LogP contribution in [0.5, 0.6) is 5.75 Å². The van der Waals surface area contributed by atoms with Crippen LogP contribution < -0.4 is 9.64 Å².